The summed E-state index contributed by atoms with van der Waals surface area (Å²) in [6.45, 7) is 0. The van der Waals surface area contributed by atoms with Gasteiger partial charge in [0.2, 0.25) is 0 Å². The Kier molecular flexibility index (Phi) is 3.05. The number of rotatable bonds is 1. The summed E-state index contributed by atoms with van der Waals surface area (Å²) in [5.41, 5.74) is 1.27. The van der Waals surface area contributed by atoms with Gasteiger partial charge in [-0.3, -0.25) is 4.90 Å². The van der Waals surface area contributed by atoms with Gasteiger partial charge in [-0.2, -0.15) is 5.26 Å². The molecule has 1 aromatic rings. The summed E-state index contributed by atoms with van der Waals surface area (Å²) in [6.07, 6.45) is 3.51. The first-order valence-electron chi connectivity index (χ1n) is 6.57. The summed E-state index contributed by atoms with van der Waals surface area (Å²) in [5, 5.41) is 10.3. The fourth-order valence-electron chi connectivity index (χ4n) is 3.70. The molecule has 0 saturated carbocycles. The van der Waals surface area contributed by atoms with E-state index in [0.29, 0.717) is 18.0 Å². The Bertz CT molecular complexity index is 476. The molecular formula is C15H17ClN2. The number of benzene rings is 1. The van der Waals surface area contributed by atoms with Crippen molar-refractivity contribution in [3.05, 3.63) is 34.9 Å². The Balaban J connectivity index is 1.93. The van der Waals surface area contributed by atoms with Crippen LogP contribution in [0.5, 0.6) is 0 Å². The van der Waals surface area contributed by atoms with E-state index in [1.54, 1.807) is 0 Å². The smallest absolute Gasteiger partial charge is 0.0687 e. The zero-order chi connectivity index (χ0) is 12.7. The quantitative estimate of drug-likeness (QED) is 0.774. The van der Waals surface area contributed by atoms with Crippen LogP contribution >= 0.6 is 11.6 Å². The predicted molar refractivity (Wildman–Crippen MR) is 72.5 cm³/mol. The van der Waals surface area contributed by atoms with Gasteiger partial charge < -0.3 is 0 Å². The summed E-state index contributed by atoms with van der Waals surface area (Å²) >= 11 is 5.94. The molecule has 0 spiro atoms. The number of fused-ring (bicyclic) bond motifs is 2. The summed E-state index contributed by atoms with van der Waals surface area (Å²) in [4.78, 5) is 2.42. The standard InChI is InChI=1S/C15H17ClN2/c1-18-12-6-7-15(18)14(9-17)13(8-12)10-2-4-11(16)5-3-10/h2-5,12-15H,6-8H2,1H3/t12?,13?,14-,15?/m1/s1. The summed E-state index contributed by atoms with van der Waals surface area (Å²) in [7, 11) is 2.17. The van der Waals surface area contributed by atoms with Crippen LogP contribution in [-0.2, 0) is 0 Å². The Morgan fingerprint density at radius 1 is 1.28 bits per heavy atom. The molecule has 94 valence electrons. The number of hydrogen-bond acceptors (Lipinski definition) is 2. The second-order valence-electron chi connectivity index (χ2n) is 5.51. The van der Waals surface area contributed by atoms with E-state index >= 15 is 0 Å². The van der Waals surface area contributed by atoms with Crippen LogP contribution in [0.4, 0.5) is 0 Å². The van der Waals surface area contributed by atoms with Crippen LogP contribution in [0.3, 0.4) is 0 Å². The van der Waals surface area contributed by atoms with Gasteiger partial charge in [0.25, 0.3) is 0 Å². The summed E-state index contributed by atoms with van der Waals surface area (Å²) < 4.78 is 0. The van der Waals surface area contributed by atoms with Gasteiger partial charge >= 0.3 is 0 Å². The van der Waals surface area contributed by atoms with E-state index in [1.165, 1.54) is 18.4 Å². The van der Waals surface area contributed by atoms with Crippen molar-refractivity contribution >= 4 is 11.6 Å². The molecular weight excluding hydrogens is 244 g/mol. The van der Waals surface area contributed by atoms with Crippen LogP contribution in [0, 0.1) is 17.2 Å². The van der Waals surface area contributed by atoms with Crippen molar-refractivity contribution < 1.29 is 0 Å². The van der Waals surface area contributed by atoms with E-state index in [-0.39, 0.29) is 5.92 Å². The second kappa shape index (κ2) is 4.57. The maximum atomic E-state index is 9.51. The van der Waals surface area contributed by atoms with Crippen molar-refractivity contribution in [2.75, 3.05) is 7.05 Å². The van der Waals surface area contributed by atoms with E-state index in [2.05, 4.69) is 30.1 Å². The maximum absolute atomic E-state index is 9.51. The minimum Gasteiger partial charge on any atom is -0.299 e. The van der Waals surface area contributed by atoms with Crippen molar-refractivity contribution in [3.63, 3.8) is 0 Å². The lowest BCUT2D eigenvalue weighted by Gasteiger charge is -2.40. The van der Waals surface area contributed by atoms with E-state index in [0.717, 1.165) is 11.4 Å². The molecule has 2 saturated heterocycles. The van der Waals surface area contributed by atoms with Crippen molar-refractivity contribution in [2.24, 2.45) is 5.92 Å². The van der Waals surface area contributed by atoms with Crippen LogP contribution in [0.1, 0.15) is 30.7 Å². The summed E-state index contributed by atoms with van der Waals surface area (Å²) in [5.74, 6) is 0.496. The molecule has 4 atom stereocenters. The van der Waals surface area contributed by atoms with Gasteiger partial charge in [0.1, 0.15) is 0 Å². The molecule has 2 bridgehead atoms. The Hall–Kier alpha value is -1.04. The first kappa shape index (κ1) is 12.0. The fourth-order valence-corrected chi connectivity index (χ4v) is 3.82. The first-order valence-corrected chi connectivity index (χ1v) is 6.95. The van der Waals surface area contributed by atoms with Crippen LogP contribution in [0.2, 0.25) is 5.02 Å². The zero-order valence-electron chi connectivity index (χ0n) is 10.5. The van der Waals surface area contributed by atoms with E-state index in [1.807, 2.05) is 12.1 Å². The second-order valence-corrected chi connectivity index (χ2v) is 5.95. The highest BCUT2D eigenvalue weighted by Gasteiger charge is 2.45. The summed E-state index contributed by atoms with van der Waals surface area (Å²) in [6, 6.07) is 11.7. The number of halogens is 1. The Morgan fingerprint density at radius 3 is 2.67 bits per heavy atom. The predicted octanol–water partition coefficient (Wildman–Crippen LogP) is 3.43. The average molecular weight is 261 g/mol. The molecule has 3 heteroatoms. The largest absolute Gasteiger partial charge is 0.299 e. The average Bonchev–Trinajstić information content (AvgIpc) is 2.63. The van der Waals surface area contributed by atoms with Crippen LogP contribution in [0.25, 0.3) is 0 Å². The van der Waals surface area contributed by atoms with Gasteiger partial charge in [0.15, 0.2) is 0 Å². The SMILES string of the molecule is CN1C2CCC1[C@H](C#N)C(c1ccc(Cl)cc1)C2. The number of piperidine rings is 1. The number of nitrogens with zero attached hydrogens (tertiary/aromatic N) is 2. The molecule has 2 nitrogen and oxygen atoms in total. The van der Waals surface area contributed by atoms with E-state index in [9.17, 15) is 5.26 Å². The topological polar surface area (TPSA) is 27.0 Å². The first-order chi connectivity index (χ1) is 8.70. The molecule has 0 amide bonds. The lowest BCUT2D eigenvalue weighted by Crippen LogP contribution is -2.45. The van der Waals surface area contributed by atoms with Gasteiger partial charge in [-0.05, 0) is 44.0 Å². The van der Waals surface area contributed by atoms with E-state index < -0.39 is 0 Å². The van der Waals surface area contributed by atoms with Gasteiger partial charge in [0, 0.05) is 23.0 Å². The molecule has 18 heavy (non-hydrogen) atoms. The molecule has 2 fully saturated rings. The molecule has 3 unspecified atom stereocenters. The highest BCUT2D eigenvalue weighted by molar-refractivity contribution is 6.30. The monoisotopic (exact) mass is 260 g/mol. The van der Waals surface area contributed by atoms with Crippen LogP contribution < -0.4 is 0 Å². The maximum Gasteiger partial charge on any atom is 0.0687 e. The molecule has 0 aromatic heterocycles. The highest BCUT2D eigenvalue weighted by Crippen LogP contribution is 2.45. The van der Waals surface area contributed by atoms with Gasteiger partial charge in [0.05, 0.1) is 12.0 Å². The lowest BCUT2D eigenvalue weighted by atomic mass is 9.77. The van der Waals surface area contributed by atoms with Gasteiger partial charge in [-0.15, -0.1) is 0 Å². The fraction of sp³-hybridized carbons (Fsp3) is 0.533. The van der Waals surface area contributed by atoms with Gasteiger partial charge in [-0.25, -0.2) is 0 Å². The zero-order valence-corrected chi connectivity index (χ0v) is 11.3. The van der Waals surface area contributed by atoms with Crippen LogP contribution in [0.15, 0.2) is 24.3 Å². The third kappa shape index (κ3) is 1.83. The van der Waals surface area contributed by atoms with Crippen molar-refractivity contribution in [1.82, 2.24) is 4.90 Å². The third-order valence-electron chi connectivity index (χ3n) is 4.72. The lowest BCUT2D eigenvalue weighted by molar-refractivity contribution is 0.127. The highest BCUT2D eigenvalue weighted by atomic mass is 35.5. The van der Waals surface area contributed by atoms with E-state index in [4.69, 9.17) is 11.6 Å². The number of nitriles is 1. The minimum absolute atomic E-state index is 0.120. The molecule has 0 N–H and O–H groups in total. The van der Waals surface area contributed by atoms with Gasteiger partial charge in [-0.1, -0.05) is 23.7 Å². The molecule has 2 heterocycles. The number of hydrogen-bond donors (Lipinski definition) is 0. The molecule has 3 rings (SSSR count). The normalized spacial score (nSPS) is 35.4. The van der Waals surface area contributed by atoms with Crippen molar-refractivity contribution in [1.29, 1.82) is 5.26 Å². The third-order valence-corrected chi connectivity index (χ3v) is 4.97. The minimum atomic E-state index is 0.120. The molecule has 1 aromatic carbocycles. The molecule has 2 aliphatic rings. The molecule has 2 aliphatic heterocycles. The Morgan fingerprint density at radius 2 is 2.00 bits per heavy atom. The van der Waals surface area contributed by atoms with Crippen molar-refractivity contribution in [3.8, 4) is 6.07 Å². The molecule has 0 aliphatic carbocycles. The molecule has 0 radical (unpaired) electrons. The van der Waals surface area contributed by atoms with Crippen molar-refractivity contribution in [2.45, 2.75) is 37.3 Å². The Labute approximate surface area is 113 Å². The van der Waals surface area contributed by atoms with Crippen LogP contribution in [-0.4, -0.2) is 24.0 Å².